The van der Waals surface area contributed by atoms with Gasteiger partial charge in [-0.15, -0.1) is 0 Å². The van der Waals surface area contributed by atoms with E-state index in [1.807, 2.05) is 25.1 Å². The molecule has 0 spiro atoms. The molecule has 0 aliphatic carbocycles. The molecule has 0 amide bonds. The molecule has 6 nitrogen and oxygen atoms in total. The van der Waals surface area contributed by atoms with Crippen molar-refractivity contribution in [3.05, 3.63) is 40.6 Å². The van der Waals surface area contributed by atoms with Gasteiger partial charge in [-0.25, -0.2) is 4.98 Å². The quantitative estimate of drug-likeness (QED) is 0.717. The Labute approximate surface area is 149 Å². The first-order chi connectivity index (χ1) is 12.1. The zero-order valence-corrected chi connectivity index (χ0v) is 15.1. The summed E-state index contributed by atoms with van der Waals surface area (Å²) in [6.07, 6.45) is 3.17. The summed E-state index contributed by atoms with van der Waals surface area (Å²) in [5.74, 6) is 1.82. The van der Waals surface area contributed by atoms with Gasteiger partial charge in [-0.2, -0.15) is 10.2 Å². The van der Waals surface area contributed by atoms with Crippen LogP contribution in [0.3, 0.4) is 0 Å². The lowest BCUT2D eigenvalue weighted by molar-refractivity contribution is 0.410. The van der Waals surface area contributed by atoms with E-state index in [-0.39, 0.29) is 5.95 Å². The maximum absolute atomic E-state index is 8.86. The van der Waals surface area contributed by atoms with E-state index in [1.165, 1.54) is 0 Å². The van der Waals surface area contributed by atoms with Gasteiger partial charge in [-0.05, 0) is 30.5 Å². The molecular formula is C19H25N5O. The Balaban J connectivity index is 2.34. The number of nitriles is 1. The van der Waals surface area contributed by atoms with Crippen molar-refractivity contribution in [1.82, 2.24) is 9.97 Å². The van der Waals surface area contributed by atoms with Gasteiger partial charge in [-0.3, -0.25) is 0 Å². The molecule has 0 bridgehead atoms. The number of hydrogen-bond donors (Lipinski definition) is 2. The molecule has 25 heavy (non-hydrogen) atoms. The van der Waals surface area contributed by atoms with Crippen molar-refractivity contribution < 1.29 is 4.74 Å². The van der Waals surface area contributed by atoms with E-state index >= 15 is 0 Å². The molecule has 2 rings (SSSR count). The van der Waals surface area contributed by atoms with Gasteiger partial charge in [0, 0.05) is 24.2 Å². The monoisotopic (exact) mass is 339 g/mol. The molecule has 0 fully saturated rings. The largest absolute Gasteiger partial charge is 0.496 e. The van der Waals surface area contributed by atoms with Gasteiger partial charge in [0.05, 0.1) is 19.6 Å². The number of anilines is 2. The molecule has 0 radical (unpaired) electrons. The fraction of sp³-hybridized carbons (Fsp3) is 0.421. The van der Waals surface area contributed by atoms with Gasteiger partial charge < -0.3 is 15.8 Å². The van der Waals surface area contributed by atoms with Crippen LogP contribution in [0.15, 0.2) is 18.2 Å². The summed E-state index contributed by atoms with van der Waals surface area (Å²) < 4.78 is 5.51. The number of nitrogens with two attached hydrogens (primary N) is 1. The molecular weight excluding hydrogens is 314 g/mol. The van der Waals surface area contributed by atoms with Crippen LogP contribution in [0.4, 0.5) is 11.8 Å². The van der Waals surface area contributed by atoms with Crippen molar-refractivity contribution in [1.29, 1.82) is 5.26 Å². The van der Waals surface area contributed by atoms with Crippen molar-refractivity contribution in [2.45, 2.75) is 39.5 Å². The van der Waals surface area contributed by atoms with Gasteiger partial charge in [0.2, 0.25) is 5.95 Å². The number of hydrogen-bond acceptors (Lipinski definition) is 6. The molecule has 132 valence electrons. The number of nitrogen functional groups attached to an aromatic ring is 1. The minimum absolute atomic E-state index is 0.275. The highest BCUT2D eigenvalue weighted by Crippen LogP contribution is 2.27. The van der Waals surface area contributed by atoms with Crippen LogP contribution in [0.1, 0.15) is 42.1 Å². The predicted molar refractivity (Wildman–Crippen MR) is 99.7 cm³/mol. The number of unbranched alkanes of at least 4 members (excludes halogenated alkanes) is 1. The smallest absolute Gasteiger partial charge is 0.222 e. The predicted octanol–water partition coefficient (Wildman–Crippen LogP) is 3.24. The third-order valence-corrected chi connectivity index (χ3v) is 4.06. The van der Waals surface area contributed by atoms with Gasteiger partial charge in [0.25, 0.3) is 0 Å². The van der Waals surface area contributed by atoms with Gasteiger partial charge in [-0.1, -0.05) is 25.5 Å². The minimum atomic E-state index is 0.275. The molecule has 0 saturated heterocycles. The topological polar surface area (TPSA) is 96.9 Å². The zero-order chi connectivity index (χ0) is 18.2. The Morgan fingerprint density at radius 1 is 1.32 bits per heavy atom. The number of nitrogens with one attached hydrogen (secondary N) is 1. The van der Waals surface area contributed by atoms with Crippen LogP contribution in [-0.2, 0) is 12.8 Å². The SMILES string of the molecule is CCCCNc1nc(N)nc(C)c1Cc1ccc(CC#N)cc1OC. The molecule has 0 saturated carbocycles. The molecule has 1 aromatic carbocycles. The molecule has 3 N–H and O–H groups in total. The van der Waals surface area contributed by atoms with Crippen molar-refractivity contribution >= 4 is 11.8 Å². The molecule has 6 heteroatoms. The van der Waals surface area contributed by atoms with Crippen LogP contribution in [0.2, 0.25) is 0 Å². The Kier molecular flexibility index (Phi) is 6.58. The van der Waals surface area contributed by atoms with E-state index in [1.54, 1.807) is 7.11 Å². The highest BCUT2D eigenvalue weighted by atomic mass is 16.5. The average Bonchev–Trinajstić information content (AvgIpc) is 2.59. The first kappa shape index (κ1) is 18.5. The van der Waals surface area contributed by atoms with Crippen LogP contribution >= 0.6 is 0 Å². The third kappa shape index (κ3) is 4.83. The number of benzene rings is 1. The Morgan fingerprint density at radius 2 is 2.12 bits per heavy atom. The van der Waals surface area contributed by atoms with Crippen LogP contribution in [0.25, 0.3) is 0 Å². The summed E-state index contributed by atoms with van der Waals surface area (Å²) in [6, 6.07) is 8.03. The maximum Gasteiger partial charge on any atom is 0.222 e. The molecule has 0 aliphatic rings. The Bertz CT molecular complexity index is 767. The lowest BCUT2D eigenvalue weighted by Gasteiger charge is -2.16. The second-order valence-corrected chi connectivity index (χ2v) is 5.93. The molecule has 2 aromatic rings. The fourth-order valence-corrected chi connectivity index (χ4v) is 2.69. The standard InChI is InChI=1S/C19H25N5O/c1-4-5-10-22-18-16(13(2)23-19(21)24-18)12-15-7-6-14(8-9-20)11-17(15)25-3/h6-7,11H,4-5,8,10,12H2,1-3H3,(H3,21,22,23,24). The normalized spacial score (nSPS) is 10.3. The number of methoxy groups -OCH3 is 1. The van der Waals surface area contributed by atoms with Crippen LogP contribution in [0.5, 0.6) is 5.75 Å². The summed E-state index contributed by atoms with van der Waals surface area (Å²) in [4.78, 5) is 8.68. The molecule has 0 aliphatic heterocycles. The van der Waals surface area contributed by atoms with E-state index in [4.69, 9.17) is 15.7 Å². The Morgan fingerprint density at radius 3 is 2.80 bits per heavy atom. The molecule has 0 unspecified atom stereocenters. The van der Waals surface area contributed by atoms with E-state index in [0.29, 0.717) is 12.8 Å². The van der Waals surface area contributed by atoms with E-state index in [9.17, 15) is 0 Å². The third-order valence-electron chi connectivity index (χ3n) is 4.06. The van der Waals surface area contributed by atoms with Crippen molar-refractivity contribution in [2.24, 2.45) is 0 Å². The molecule has 0 atom stereocenters. The van der Waals surface area contributed by atoms with Crippen LogP contribution in [-0.4, -0.2) is 23.6 Å². The summed E-state index contributed by atoms with van der Waals surface area (Å²) in [5.41, 5.74) is 9.65. The minimum Gasteiger partial charge on any atom is -0.496 e. The van der Waals surface area contributed by atoms with Crippen molar-refractivity contribution in [3.8, 4) is 11.8 Å². The molecule has 1 aromatic heterocycles. The summed E-state index contributed by atoms with van der Waals surface area (Å²) >= 11 is 0. The van der Waals surface area contributed by atoms with Crippen molar-refractivity contribution in [3.63, 3.8) is 0 Å². The zero-order valence-electron chi connectivity index (χ0n) is 15.1. The summed E-state index contributed by atoms with van der Waals surface area (Å²) in [7, 11) is 1.64. The lowest BCUT2D eigenvalue weighted by atomic mass is 10.0. The maximum atomic E-state index is 8.86. The fourth-order valence-electron chi connectivity index (χ4n) is 2.69. The number of ether oxygens (including phenoxy) is 1. The number of nitrogens with zero attached hydrogens (tertiary/aromatic N) is 3. The first-order valence-corrected chi connectivity index (χ1v) is 8.48. The van der Waals surface area contributed by atoms with E-state index in [2.05, 4.69) is 28.3 Å². The number of rotatable bonds is 8. The van der Waals surface area contributed by atoms with Gasteiger partial charge in [0.15, 0.2) is 0 Å². The molecule has 1 heterocycles. The summed E-state index contributed by atoms with van der Waals surface area (Å²) in [6.45, 7) is 4.93. The second-order valence-electron chi connectivity index (χ2n) is 5.93. The summed E-state index contributed by atoms with van der Waals surface area (Å²) in [5, 5.41) is 12.2. The van der Waals surface area contributed by atoms with Gasteiger partial charge >= 0.3 is 0 Å². The Hall–Kier alpha value is -2.81. The van der Waals surface area contributed by atoms with Crippen LogP contribution < -0.4 is 15.8 Å². The lowest BCUT2D eigenvalue weighted by Crippen LogP contribution is -2.11. The number of aryl methyl sites for hydroxylation is 1. The highest BCUT2D eigenvalue weighted by molar-refractivity contribution is 5.53. The van der Waals surface area contributed by atoms with Gasteiger partial charge in [0.1, 0.15) is 11.6 Å². The van der Waals surface area contributed by atoms with E-state index in [0.717, 1.165) is 53.3 Å². The van der Waals surface area contributed by atoms with E-state index < -0.39 is 0 Å². The number of aromatic nitrogens is 2. The second kappa shape index (κ2) is 8.88. The first-order valence-electron chi connectivity index (χ1n) is 8.48. The average molecular weight is 339 g/mol. The van der Waals surface area contributed by atoms with Crippen molar-refractivity contribution in [2.75, 3.05) is 24.7 Å². The highest BCUT2D eigenvalue weighted by Gasteiger charge is 2.14. The van der Waals surface area contributed by atoms with Crippen LogP contribution in [0, 0.1) is 18.3 Å².